The predicted octanol–water partition coefficient (Wildman–Crippen LogP) is 7.29. The van der Waals surface area contributed by atoms with E-state index in [1.54, 1.807) is 4.90 Å². The van der Waals surface area contributed by atoms with Crippen LogP contribution in [-0.2, 0) is 18.4 Å². The molecule has 30 heavy (non-hydrogen) atoms. The molecule has 0 aliphatic heterocycles. The molecule has 0 saturated heterocycles. The molecule has 0 spiro atoms. The molecular formula is C24H50NO4P. The normalized spacial score (nSPS) is 14.3. The Morgan fingerprint density at radius 1 is 0.800 bits per heavy atom. The molecule has 0 heterocycles. The van der Waals surface area contributed by atoms with E-state index < -0.39 is 7.60 Å². The van der Waals surface area contributed by atoms with Gasteiger partial charge in [0.1, 0.15) is 6.16 Å². The summed E-state index contributed by atoms with van der Waals surface area (Å²) in [6, 6.07) is 0.0960. The smallest absolute Gasteiger partial charge is 0.337 e. The van der Waals surface area contributed by atoms with Crippen LogP contribution in [0.5, 0.6) is 0 Å². The molecule has 0 saturated carbocycles. The summed E-state index contributed by atoms with van der Waals surface area (Å²) in [6.07, 6.45) is 8.44. The summed E-state index contributed by atoms with van der Waals surface area (Å²) in [6.45, 7) is 17.4. The Morgan fingerprint density at radius 2 is 1.20 bits per heavy atom. The summed E-state index contributed by atoms with van der Waals surface area (Å²) in [5.74, 6) is 0.558. The Labute approximate surface area is 187 Å². The zero-order chi connectivity index (χ0) is 23.2. The standard InChI is InChI=1S/C24H50NO4P/c1-9-13-15-22(11-3)17-28-30(27,29-18-23(12-4)16-14-10-2)19-24(26)25(20(5)6)21(7)8/h20-23H,9-19H2,1-8H3/t22-,23-/m1/s1. The number of carbonyl (C=O) groups excluding carboxylic acids is 1. The van der Waals surface area contributed by atoms with Crippen LogP contribution in [0.3, 0.4) is 0 Å². The zero-order valence-corrected chi connectivity index (χ0v) is 22.0. The fraction of sp³-hybridized carbons (Fsp3) is 0.958. The monoisotopic (exact) mass is 447 g/mol. The molecule has 2 atom stereocenters. The number of amides is 1. The molecule has 0 aromatic carbocycles. The minimum Gasteiger partial charge on any atom is -0.337 e. The van der Waals surface area contributed by atoms with Gasteiger partial charge in [0.15, 0.2) is 0 Å². The first-order valence-electron chi connectivity index (χ1n) is 12.3. The minimum absolute atomic E-state index is 0.0480. The average Bonchev–Trinajstić information content (AvgIpc) is 2.67. The minimum atomic E-state index is -3.50. The topological polar surface area (TPSA) is 55.8 Å². The van der Waals surface area contributed by atoms with Gasteiger partial charge in [-0.1, -0.05) is 66.2 Å². The lowest BCUT2D eigenvalue weighted by atomic mass is 10.0. The summed E-state index contributed by atoms with van der Waals surface area (Å²) in [7, 11) is -3.50. The largest absolute Gasteiger partial charge is 0.340 e. The van der Waals surface area contributed by atoms with Crippen molar-refractivity contribution in [2.75, 3.05) is 19.4 Å². The van der Waals surface area contributed by atoms with E-state index in [4.69, 9.17) is 9.05 Å². The van der Waals surface area contributed by atoms with Crippen molar-refractivity contribution < 1.29 is 18.4 Å². The Morgan fingerprint density at radius 3 is 1.50 bits per heavy atom. The molecule has 0 aromatic rings. The Kier molecular flexibility index (Phi) is 16.1. The maximum absolute atomic E-state index is 13.7. The zero-order valence-electron chi connectivity index (χ0n) is 21.1. The number of hydrogen-bond donors (Lipinski definition) is 0. The summed E-state index contributed by atoms with van der Waals surface area (Å²) in [4.78, 5) is 14.8. The quantitative estimate of drug-likeness (QED) is 0.207. The molecule has 0 aliphatic rings. The fourth-order valence-corrected chi connectivity index (χ4v) is 5.41. The molecule has 0 aromatic heterocycles. The van der Waals surface area contributed by atoms with Gasteiger partial charge in [0.2, 0.25) is 5.91 Å². The van der Waals surface area contributed by atoms with Gasteiger partial charge in [-0.25, -0.2) is 0 Å². The predicted molar refractivity (Wildman–Crippen MR) is 128 cm³/mol. The van der Waals surface area contributed by atoms with Crippen molar-refractivity contribution in [2.24, 2.45) is 11.8 Å². The van der Waals surface area contributed by atoms with Gasteiger partial charge in [0.05, 0.1) is 13.2 Å². The molecule has 180 valence electrons. The van der Waals surface area contributed by atoms with Crippen LogP contribution in [0, 0.1) is 11.8 Å². The highest BCUT2D eigenvalue weighted by molar-refractivity contribution is 7.54. The number of unbranched alkanes of at least 4 members (excludes halogenated alkanes) is 2. The van der Waals surface area contributed by atoms with Crippen molar-refractivity contribution in [3.05, 3.63) is 0 Å². The van der Waals surface area contributed by atoms with Crippen molar-refractivity contribution in [3.63, 3.8) is 0 Å². The highest BCUT2D eigenvalue weighted by Gasteiger charge is 2.34. The molecule has 0 rings (SSSR count). The van der Waals surface area contributed by atoms with Crippen molar-refractivity contribution in [3.8, 4) is 0 Å². The average molecular weight is 448 g/mol. The Hall–Kier alpha value is -0.380. The van der Waals surface area contributed by atoms with Gasteiger partial charge < -0.3 is 13.9 Å². The van der Waals surface area contributed by atoms with Gasteiger partial charge in [0, 0.05) is 12.1 Å². The second-order valence-corrected chi connectivity index (χ2v) is 11.2. The molecular weight excluding hydrogens is 397 g/mol. The third kappa shape index (κ3) is 11.9. The summed E-state index contributed by atoms with van der Waals surface area (Å²) in [5.41, 5.74) is 0. The molecule has 6 heteroatoms. The third-order valence-corrected chi connectivity index (χ3v) is 7.57. The van der Waals surface area contributed by atoms with Gasteiger partial charge in [-0.15, -0.1) is 0 Å². The van der Waals surface area contributed by atoms with Crippen LogP contribution >= 0.6 is 7.60 Å². The molecule has 5 nitrogen and oxygen atoms in total. The van der Waals surface area contributed by atoms with E-state index in [1.807, 2.05) is 27.7 Å². The second kappa shape index (κ2) is 16.3. The van der Waals surface area contributed by atoms with Gasteiger partial charge in [-0.2, -0.15) is 0 Å². The van der Waals surface area contributed by atoms with E-state index in [0.29, 0.717) is 25.0 Å². The fourth-order valence-electron chi connectivity index (χ4n) is 3.78. The number of hydrogen-bond acceptors (Lipinski definition) is 4. The maximum Gasteiger partial charge on any atom is 0.340 e. The Bertz CT molecular complexity index is 464. The number of carbonyl (C=O) groups is 1. The molecule has 0 bridgehead atoms. The van der Waals surface area contributed by atoms with Gasteiger partial charge in [-0.3, -0.25) is 9.36 Å². The molecule has 0 unspecified atom stereocenters. The maximum atomic E-state index is 13.7. The van der Waals surface area contributed by atoms with E-state index in [0.717, 1.165) is 51.4 Å². The van der Waals surface area contributed by atoms with Gasteiger partial charge >= 0.3 is 7.60 Å². The van der Waals surface area contributed by atoms with Crippen molar-refractivity contribution in [1.82, 2.24) is 4.90 Å². The third-order valence-electron chi connectivity index (χ3n) is 5.83. The summed E-state index contributed by atoms with van der Waals surface area (Å²) >= 11 is 0. The second-order valence-electron chi connectivity index (χ2n) is 9.18. The van der Waals surface area contributed by atoms with E-state index in [1.165, 1.54) is 0 Å². The van der Waals surface area contributed by atoms with Crippen LogP contribution < -0.4 is 0 Å². The van der Waals surface area contributed by atoms with Gasteiger partial charge in [-0.05, 0) is 52.4 Å². The lowest BCUT2D eigenvalue weighted by Gasteiger charge is -2.32. The Balaban J connectivity index is 5.30. The van der Waals surface area contributed by atoms with E-state index in [2.05, 4.69) is 27.7 Å². The van der Waals surface area contributed by atoms with Crippen LogP contribution in [0.15, 0.2) is 0 Å². The molecule has 0 N–H and O–H groups in total. The van der Waals surface area contributed by atoms with Crippen LogP contribution in [0.1, 0.15) is 107 Å². The van der Waals surface area contributed by atoms with Crippen LogP contribution in [0.2, 0.25) is 0 Å². The van der Waals surface area contributed by atoms with Gasteiger partial charge in [0.25, 0.3) is 0 Å². The van der Waals surface area contributed by atoms with Crippen molar-refractivity contribution >= 4 is 13.5 Å². The molecule has 0 aliphatic carbocycles. The van der Waals surface area contributed by atoms with Crippen molar-refractivity contribution in [2.45, 2.75) is 119 Å². The van der Waals surface area contributed by atoms with E-state index in [-0.39, 0.29) is 24.2 Å². The first kappa shape index (κ1) is 29.6. The molecule has 1 amide bonds. The SMILES string of the molecule is CCCC[C@@H](CC)COP(=O)(CC(=O)N(C(C)C)C(C)C)OC[C@H](CC)CCCC. The van der Waals surface area contributed by atoms with Crippen molar-refractivity contribution in [1.29, 1.82) is 0 Å². The van der Waals surface area contributed by atoms with E-state index >= 15 is 0 Å². The highest BCUT2D eigenvalue weighted by atomic mass is 31.2. The number of nitrogens with zero attached hydrogens (tertiary/aromatic N) is 1. The summed E-state index contributed by atoms with van der Waals surface area (Å²) < 4.78 is 25.6. The number of rotatable bonds is 18. The summed E-state index contributed by atoms with van der Waals surface area (Å²) in [5, 5.41) is 0. The van der Waals surface area contributed by atoms with E-state index in [9.17, 15) is 9.36 Å². The van der Waals surface area contributed by atoms with Crippen LogP contribution in [-0.4, -0.2) is 42.3 Å². The van der Waals surface area contributed by atoms with Crippen LogP contribution in [0.4, 0.5) is 0 Å². The lowest BCUT2D eigenvalue weighted by molar-refractivity contribution is -0.132. The lowest BCUT2D eigenvalue weighted by Crippen LogP contribution is -2.43. The van der Waals surface area contributed by atoms with Crippen LogP contribution in [0.25, 0.3) is 0 Å². The molecule has 0 fully saturated rings. The first-order chi connectivity index (χ1) is 14.1. The molecule has 0 radical (unpaired) electrons. The highest BCUT2D eigenvalue weighted by Crippen LogP contribution is 2.49. The first-order valence-corrected chi connectivity index (χ1v) is 14.1.